The standard InChI is InChI=1S/C31H30FN3O4/c1-4-16-39-25-15-14-19(17-26(25)38-5-2)21-18-34-30(37)35(24-13-9-7-11-22(24)32)29(36)31(34,3)28-27(21)20-10-6-8-12-23(20)33-28/h6-15,17,21,33H,4-5,16,18H2,1-3H3/t21?,31-/m0/s1. The van der Waals surface area contributed by atoms with Crippen molar-refractivity contribution in [2.75, 3.05) is 24.7 Å². The number of aromatic nitrogens is 1. The number of hydrogen-bond donors (Lipinski definition) is 1. The van der Waals surface area contributed by atoms with Gasteiger partial charge >= 0.3 is 6.03 Å². The Morgan fingerprint density at radius 1 is 1.00 bits per heavy atom. The summed E-state index contributed by atoms with van der Waals surface area (Å²) < 4.78 is 26.7. The zero-order valence-electron chi connectivity index (χ0n) is 22.2. The van der Waals surface area contributed by atoms with Crippen LogP contribution in [0, 0.1) is 5.82 Å². The van der Waals surface area contributed by atoms with Gasteiger partial charge in [-0.3, -0.25) is 4.79 Å². The first kappa shape index (κ1) is 25.0. The van der Waals surface area contributed by atoms with Crippen molar-refractivity contribution in [3.05, 3.63) is 89.4 Å². The maximum absolute atomic E-state index is 14.8. The Bertz CT molecular complexity index is 1600. The van der Waals surface area contributed by atoms with E-state index >= 15 is 0 Å². The number of nitrogens with one attached hydrogen (secondary N) is 1. The second kappa shape index (κ2) is 9.45. The Morgan fingerprint density at radius 3 is 2.54 bits per heavy atom. The fourth-order valence-corrected chi connectivity index (χ4v) is 5.88. The molecule has 1 unspecified atom stereocenters. The molecular weight excluding hydrogens is 497 g/mol. The third-order valence-electron chi connectivity index (χ3n) is 7.75. The lowest BCUT2D eigenvalue weighted by molar-refractivity contribution is -0.125. The molecule has 4 aromatic rings. The molecule has 0 radical (unpaired) electrons. The van der Waals surface area contributed by atoms with Crippen LogP contribution in [-0.2, 0) is 10.3 Å². The van der Waals surface area contributed by atoms with Crippen molar-refractivity contribution in [2.45, 2.75) is 38.6 Å². The van der Waals surface area contributed by atoms with E-state index in [1.807, 2.05) is 56.3 Å². The number of amides is 3. The first-order valence-electron chi connectivity index (χ1n) is 13.3. The van der Waals surface area contributed by atoms with Crippen LogP contribution in [0.3, 0.4) is 0 Å². The second-order valence-corrected chi connectivity index (χ2v) is 10.1. The van der Waals surface area contributed by atoms with Gasteiger partial charge < -0.3 is 19.4 Å². The smallest absolute Gasteiger partial charge is 0.332 e. The highest BCUT2D eigenvalue weighted by atomic mass is 19.1. The highest BCUT2D eigenvalue weighted by Gasteiger charge is 2.61. The molecule has 1 saturated heterocycles. The van der Waals surface area contributed by atoms with Crippen molar-refractivity contribution in [2.24, 2.45) is 0 Å². The first-order chi connectivity index (χ1) is 18.9. The van der Waals surface area contributed by atoms with Crippen LogP contribution in [0.2, 0.25) is 0 Å². The van der Waals surface area contributed by atoms with Crippen LogP contribution in [0.1, 0.15) is 49.9 Å². The number of aromatic amines is 1. The van der Waals surface area contributed by atoms with Crippen LogP contribution < -0.4 is 14.4 Å². The van der Waals surface area contributed by atoms with Gasteiger partial charge in [-0.15, -0.1) is 0 Å². The van der Waals surface area contributed by atoms with E-state index in [0.717, 1.165) is 33.4 Å². The van der Waals surface area contributed by atoms with Crippen molar-refractivity contribution in [3.63, 3.8) is 0 Å². The number of benzene rings is 3. The van der Waals surface area contributed by atoms with E-state index in [2.05, 4.69) is 4.98 Å². The largest absolute Gasteiger partial charge is 0.490 e. The number of H-pyrrole nitrogens is 1. The Morgan fingerprint density at radius 2 is 1.77 bits per heavy atom. The van der Waals surface area contributed by atoms with Crippen LogP contribution >= 0.6 is 0 Å². The number of hydrogen-bond acceptors (Lipinski definition) is 4. The number of urea groups is 1. The average Bonchev–Trinajstić information content (AvgIpc) is 3.42. The zero-order chi connectivity index (χ0) is 27.3. The molecule has 3 amide bonds. The topological polar surface area (TPSA) is 74.9 Å². The molecule has 2 atom stereocenters. The number of nitrogens with zero attached hydrogens (tertiary/aromatic N) is 2. The van der Waals surface area contributed by atoms with Crippen LogP contribution in [0.25, 0.3) is 10.9 Å². The fraction of sp³-hybridized carbons (Fsp3) is 0.290. The molecule has 1 N–H and O–H groups in total. The van der Waals surface area contributed by atoms with Crippen LogP contribution in [-0.4, -0.2) is 41.6 Å². The first-order valence-corrected chi connectivity index (χ1v) is 13.3. The summed E-state index contributed by atoms with van der Waals surface area (Å²) in [4.78, 5) is 33.9. The molecular formula is C31H30FN3O4. The van der Waals surface area contributed by atoms with Gasteiger partial charge in [0.15, 0.2) is 17.0 Å². The van der Waals surface area contributed by atoms with E-state index in [1.165, 1.54) is 18.2 Å². The predicted molar refractivity (Wildman–Crippen MR) is 147 cm³/mol. The number of fused-ring (bicyclic) bond motifs is 5. The molecule has 0 bridgehead atoms. The summed E-state index contributed by atoms with van der Waals surface area (Å²) >= 11 is 0. The maximum Gasteiger partial charge on any atom is 0.332 e. The minimum absolute atomic E-state index is 0.0478. The molecule has 3 heterocycles. The molecule has 2 aliphatic heterocycles. The quantitative estimate of drug-likeness (QED) is 0.285. The summed E-state index contributed by atoms with van der Waals surface area (Å²) in [5.74, 6) is -0.0707. The van der Waals surface area contributed by atoms with Gasteiger partial charge in [0.25, 0.3) is 5.91 Å². The van der Waals surface area contributed by atoms with Crippen molar-refractivity contribution in [3.8, 4) is 11.5 Å². The summed E-state index contributed by atoms with van der Waals surface area (Å²) in [7, 11) is 0. The van der Waals surface area contributed by atoms with Crippen LogP contribution in [0.15, 0.2) is 66.7 Å². The molecule has 0 saturated carbocycles. The molecule has 0 aliphatic carbocycles. The molecule has 6 rings (SSSR count). The van der Waals surface area contributed by atoms with E-state index in [-0.39, 0.29) is 18.2 Å². The summed E-state index contributed by atoms with van der Waals surface area (Å²) in [6, 6.07) is 19.1. The molecule has 1 fully saturated rings. The number of para-hydroxylation sites is 2. The Labute approximate surface area is 226 Å². The van der Waals surface area contributed by atoms with Gasteiger partial charge in [-0.05, 0) is 61.7 Å². The number of halogens is 1. The third-order valence-corrected chi connectivity index (χ3v) is 7.75. The average molecular weight is 528 g/mol. The molecule has 0 spiro atoms. The molecule has 39 heavy (non-hydrogen) atoms. The lowest BCUT2D eigenvalue weighted by Crippen LogP contribution is -2.50. The lowest BCUT2D eigenvalue weighted by atomic mass is 9.78. The minimum atomic E-state index is -1.32. The molecule has 200 valence electrons. The predicted octanol–water partition coefficient (Wildman–Crippen LogP) is 6.32. The van der Waals surface area contributed by atoms with Gasteiger partial charge in [-0.1, -0.05) is 43.3 Å². The molecule has 3 aromatic carbocycles. The normalized spacial score (nSPS) is 20.4. The van der Waals surface area contributed by atoms with Crippen molar-refractivity contribution >= 4 is 28.5 Å². The number of carbonyl (C=O) groups excluding carboxylic acids is 2. The molecule has 7 nitrogen and oxygen atoms in total. The number of imide groups is 1. The van der Waals surface area contributed by atoms with Gasteiger partial charge in [0, 0.05) is 23.4 Å². The highest BCUT2D eigenvalue weighted by molar-refractivity contribution is 6.23. The molecule has 2 aliphatic rings. The molecule has 1 aromatic heterocycles. The monoisotopic (exact) mass is 527 g/mol. The Balaban J connectivity index is 1.53. The van der Waals surface area contributed by atoms with Crippen molar-refractivity contribution in [1.82, 2.24) is 9.88 Å². The summed E-state index contributed by atoms with van der Waals surface area (Å²) in [5, 5.41) is 0.979. The zero-order valence-corrected chi connectivity index (χ0v) is 22.2. The maximum atomic E-state index is 14.8. The number of ether oxygens (including phenoxy) is 2. The van der Waals surface area contributed by atoms with E-state index in [4.69, 9.17) is 9.47 Å². The van der Waals surface area contributed by atoms with Gasteiger partial charge in [-0.25, -0.2) is 14.1 Å². The highest BCUT2D eigenvalue weighted by Crippen LogP contribution is 2.51. The number of rotatable bonds is 7. The van der Waals surface area contributed by atoms with Gasteiger partial charge in [0.1, 0.15) is 5.82 Å². The van der Waals surface area contributed by atoms with E-state index in [0.29, 0.717) is 30.4 Å². The van der Waals surface area contributed by atoms with Gasteiger partial charge in [-0.2, -0.15) is 0 Å². The van der Waals surface area contributed by atoms with Crippen LogP contribution in [0.4, 0.5) is 14.9 Å². The van der Waals surface area contributed by atoms with Crippen molar-refractivity contribution < 1.29 is 23.5 Å². The lowest BCUT2D eigenvalue weighted by Gasteiger charge is -2.40. The number of anilines is 1. The van der Waals surface area contributed by atoms with E-state index < -0.39 is 23.3 Å². The Kier molecular flexibility index (Phi) is 6.05. The van der Waals surface area contributed by atoms with Crippen molar-refractivity contribution in [1.29, 1.82) is 0 Å². The van der Waals surface area contributed by atoms with Crippen LogP contribution in [0.5, 0.6) is 11.5 Å². The minimum Gasteiger partial charge on any atom is -0.490 e. The second-order valence-electron chi connectivity index (χ2n) is 10.1. The molecule has 8 heteroatoms. The number of carbonyl (C=O) groups is 2. The van der Waals surface area contributed by atoms with Gasteiger partial charge in [0.05, 0.1) is 24.6 Å². The summed E-state index contributed by atoms with van der Waals surface area (Å²) in [6.07, 6.45) is 0.872. The van der Waals surface area contributed by atoms with E-state index in [1.54, 1.807) is 17.9 Å². The summed E-state index contributed by atoms with van der Waals surface area (Å²) in [5.41, 5.74) is 2.02. The van der Waals surface area contributed by atoms with Gasteiger partial charge in [0.2, 0.25) is 0 Å². The third kappa shape index (κ3) is 3.69. The SMILES string of the molecule is CCCOc1ccc(C2CN3C(=O)N(c4ccccc4F)C(=O)[C@]3(C)c3[nH]c4ccccc4c32)cc1OCC. The fourth-order valence-electron chi connectivity index (χ4n) is 5.88. The summed E-state index contributed by atoms with van der Waals surface area (Å²) in [6.45, 7) is 7.00. The Hall–Kier alpha value is -4.33. The van der Waals surface area contributed by atoms with E-state index in [9.17, 15) is 14.0 Å².